The molecule has 3 rings (SSSR count). The second-order valence-electron chi connectivity index (χ2n) is 5.68. The highest BCUT2D eigenvalue weighted by molar-refractivity contribution is 7.80. The topological polar surface area (TPSA) is 119 Å². The number of methoxy groups -OCH3 is 1. The molecule has 28 heavy (non-hydrogen) atoms. The maximum Gasteiger partial charge on any atom is 0.305 e. The summed E-state index contributed by atoms with van der Waals surface area (Å²) >= 11 is 5.11. The average molecular weight is 400 g/mol. The maximum atomic E-state index is 12.3. The van der Waals surface area contributed by atoms with Gasteiger partial charge in [0.1, 0.15) is 0 Å². The first-order valence-electron chi connectivity index (χ1n) is 8.12. The Morgan fingerprint density at radius 2 is 1.96 bits per heavy atom. The Hall–Kier alpha value is -3.66. The number of carbonyl (C=O) groups excluding carboxylic acids is 1. The zero-order valence-corrected chi connectivity index (χ0v) is 15.5. The number of hydrogen-bond acceptors (Lipinski definition) is 6. The van der Waals surface area contributed by atoms with Crippen LogP contribution in [0.3, 0.4) is 0 Å². The number of non-ortho nitro benzene ring substituents is 1. The van der Waals surface area contributed by atoms with Crippen LogP contribution >= 0.6 is 12.2 Å². The van der Waals surface area contributed by atoms with Crippen LogP contribution in [0.25, 0.3) is 11.0 Å². The van der Waals surface area contributed by atoms with Gasteiger partial charge in [-0.05, 0) is 23.8 Å². The van der Waals surface area contributed by atoms with Crippen LogP contribution in [0, 0.1) is 10.1 Å². The van der Waals surface area contributed by atoms with Crippen molar-refractivity contribution < 1.29 is 18.9 Å². The van der Waals surface area contributed by atoms with Gasteiger partial charge in [0.2, 0.25) is 0 Å². The molecule has 1 heterocycles. The Bertz CT molecular complexity index is 1040. The van der Waals surface area contributed by atoms with E-state index in [-0.39, 0.29) is 27.9 Å². The third kappa shape index (κ3) is 4.35. The van der Waals surface area contributed by atoms with Crippen molar-refractivity contribution in [1.82, 2.24) is 16.2 Å². The van der Waals surface area contributed by atoms with E-state index < -0.39 is 10.8 Å². The van der Waals surface area contributed by atoms with Crippen LogP contribution in [0.1, 0.15) is 16.1 Å². The van der Waals surface area contributed by atoms with E-state index >= 15 is 0 Å². The second kappa shape index (κ2) is 8.35. The largest absolute Gasteiger partial charge is 0.493 e. The van der Waals surface area contributed by atoms with E-state index in [9.17, 15) is 14.9 Å². The minimum atomic E-state index is -0.593. The molecule has 10 heteroatoms. The average Bonchev–Trinajstić information content (AvgIpc) is 3.14. The molecule has 0 bridgehead atoms. The minimum Gasteiger partial charge on any atom is -0.493 e. The van der Waals surface area contributed by atoms with Gasteiger partial charge in [0.05, 0.1) is 18.1 Å². The Morgan fingerprint density at radius 1 is 1.21 bits per heavy atom. The fourth-order valence-electron chi connectivity index (χ4n) is 2.47. The van der Waals surface area contributed by atoms with Crippen molar-refractivity contribution in [3.05, 3.63) is 70.0 Å². The molecule has 0 fully saturated rings. The van der Waals surface area contributed by atoms with Crippen molar-refractivity contribution in [1.29, 1.82) is 0 Å². The Balaban J connectivity index is 1.64. The van der Waals surface area contributed by atoms with Gasteiger partial charge >= 0.3 is 5.91 Å². The van der Waals surface area contributed by atoms with Gasteiger partial charge in [-0.3, -0.25) is 25.8 Å². The molecule has 0 unspecified atom stereocenters. The van der Waals surface area contributed by atoms with Crippen molar-refractivity contribution in [2.24, 2.45) is 0 Å². The second-order valence-corrected chi connectivity index (χ2v) is 6.09. The number of nitrogens with zero attached hydrogens (tertiary/aromatic N) is 1. The van der Waals surface area contributed by atoms with E-state index in [0.29, 0.717) is 11.9 Å². The zero-order valence-electron chi connectivity index (χ0n) is 14.7. The quantitative estimate of drug-likeness (QED) is 0.340. The standard InChI is InChI=1S/C18H16N4O5S/c1-26-14-9-13(22(24)25)7-12-8-15(27-16(12)14)17(23)20-21-18(28)19-10-11-5-3-2-4-6-11/h2-9H,10H2,1H3,(H,20,23)(H2,19,21,28). The fourth-order valence-corrected chi connectivity index (χ4v) is 2.60. The fraction of sp³-hybridized carbons (Fsp3) is 0.111. The highest BCUT2D eigenvalue weighted by atomic mass is 32.1. The molecule has 0 radical (unpaired) electrons. The van der Waals surface area contributed by atoms with E-state index in [0.717, 1.165) is 5.56 Å². The molecule has 0 aliphatic carbocycles. The molecule has 0 spiro atoms. The molecular formula is C18H16N4O5S. The summed E-state index contributed by atoms with van der Waals surface area (Å²) in [5.74, 6) is -0.479. The number of nitrogens with one attached hydrogen (secondary N) is 3. The first-order chi connectivity index (χ1) is 13.5. The van der Waals surface area contributed by atoms with Crippen LogP contribution in [0.2, 0.25) is 0 Å². The van der Waals surface area contributed by atoms with Crippen molar-refractivity contribution in [3.8, 4) is 5.75 Å². The third-order valence-corrected chi connectivity index (χ3v) is 4.05. The van der Waals surface area contributed by atoms with Gasteiger partial charge < -0.3 is 14.5 Å². The molecule has 3 aromatic rings. The summed E-state index contributed by atoms with van der Waals surface area (Å²) in [6, 6.07) is 13.5. The first kappa shape index (κ1) is 19.1. The molecule has 2 aromatic carbocycles. The van der Waals surface area contributed by atoms with Gasteiger partial charge in [-0.25, -0.2) is 0 Å². The van der Waals surface area contributed by atoms with Gasteiger partial charge in [0.25, 0.3) is 5.69 Å². The lowest BCUT2D eigenvalue weighted by atomic mass is 10.2. The molecule has 0 aliphatic heterocycles. The molecule has 1 aromatic heterocycles. The predicted molar refractivity (Wildman–Crippen MR) is 106 cm³/mol. The lowest BCUT2D eigenvalue weighted by Crippen LogP contribution is -2.46. The minimum absolute atomic E-state index is 0.0489. The smallest absolute Gasteiger partial charge is 0.305 e. The molecular weight excluding hydrogens is 384 g/mol. The molecule has 3 N–H and O–H groups in total. The monoisotopic (exact) mass is 400 g/mol. The van der Waals surface area contributed by atoms with Crippen molar-refractivity contribution in [3.63, 3.8) is 0 Å². The number of nitro benzene ring substituents is 1. The van der Waals surface area contributed by atoms with Crippen molar-refractivity contribution in [2.45, 2.75) is 6.54 Å². The maximum absolute atomic E-state index is 12.3. The number of benzene rings is 2. The van der Waals surface area contributed by atoms with E-state index in [4.69, 9.17) is 21.4 Å². The Kier molecular flexibility index (Phi) is 5.70. The molecule has 1 amide bonds. The van der Waals surface area contributed by atoms with Gasteiger partial charge in [0, 0.05) is 18.0 Å². The van der Waals surface area contributed by atoms with Crippen LogP contribution in [0.15, 0.2) is 52.9 Å². The number of rotatable bonds is 5. The number of ether oxygens (including phenoxy) is 1. The van der Waals surface area contributed by atoms with Gasteiger partial charge in [0.15, 0.2) is 22.2 Å². The number of fused-ring (bicyclic) bond motifs is 1. The highest BCUT2D eigenvalue weighted by Gasteiger charge is 2.19. The summed E-state index contributed by atoms with van der Waals surface area (Å²) in [7, 11) is 1.36. The van der Waals surface area contributed by atoms with E-state index in [1.54, 1.807) is 0 Å². The summed E-state index contributed by atoms with van der Waals surface area (Å²) in [5.41, 5.74) is 6.09. The number of carbonyl (C=O) groups is 1. The number of hydrogen-bond donors (Lipinski definition) is 3. The first-order valence-corrected chi connectivity index (χ1v) is 8.53. The number of amides is 1. The molecule has 0 saturated heterocycles. The van der Waals surface area contributed by atoms with Crippen molar-refractivity contribution >= 4 is 39.9 Å². The molecule has 144 valence electrons. The summed E-state index contributed by atoms with van der Waals surface area (Å²) in [6.45, 7) is 0.494. The number of thiocarbonyl (C=S) groups is 1. The van der Waals surface area contributed by atoms with Crippen LogP contribution in [0.4, 0.5) is 5.69 Å². The van der Waals surface area contributed by atoms with E-state index in [1.807, 2.05) is 30.3 Å². The zero-order chi connectivity index (χ0) is 20.1. The van der Waals surface area contributed by atoms with E-state index in [1.165, 1.54) is 25.3 Å². The highest BCUT2D eigenvalue weighted by Crippen LogP contribution is 2.33. The van der Waals surface area contributed by atoms with Crippen LogP contribution in [-0.4, -0.2) is 23.1 Å². The van der Waals surface area contributed by atoms with Gasteiger partial charge in [-0.15, -0.1) is 0 Å². The molecule has 0 saturated carbocycles. The predicted octanol–water partition coefficient (Wildman–Crippen LogP) is 2.66. The van der Waals surface area contributed by atoms with E-state index in [2.05, 4.69) is 16.2 Å². The summed E-state index contributed by atoms with van der Waals surface area (Å²) in [4.78, 5) is 22.7. The Morgan fingerprint density at radius 3 is 2.64 bits per heavy atom. The van der Waals surface area contributed by atoms with Crippen LogP contribution in [0.5, 0.6) is 5.75 Å². The molecule has 0 atom stereocenters. The van der Waals surface area contributed by atoms with Crippen molar-refractivity contribution in [2.75, 3.05) is 7.11 Å². The lowest BCUT2D eigenvalue weighted by molar-refractivity contribution is -0.384. The SMILES string of the molecule is COc1cc([N+](=O)[O-])cc2cc(C(=O)NNC(=S)NCc3ccccc3)oc12. The van der Waals surface area contributed by atoms with Gasteiger partial charge in [-0.1, -0.05) is 30.3 Å². The summed E-state index contributed by atoms with van der Waals surface area (Å²) in [6.07, 6.45) is 0. The summed E-state index contributed by atoms with van der Waals surface area (Å²) < 4.78 is 10.6. The lowest BCUT2D eigenvalue weighted by Gasteiger charge is -2.10. The van der Waals surface area contributed by atoms with Crippen LogP contribution < -0.4 is 20.9 Å². The van der Waals surface area contributed by atoms with Gasteiger partial charge in [-0.2, -0.15) is 0 Å². The number of furan rings is 1. The number of hydrazine groups is 1. The molecule has 0 aliphatic rings. The van der Waals surface area contributed by atoms with Crippen LogP contribution in [-0.2, 0) is 6.54 Å². The summed E-state index contributed by atoms with van der Waals surface area (Å²) in [5, 5.41) is 14.6. The third-order valence-electron chi connectivity index (χ3n) is 3.81. The normalized spacial score (nSPS) is 10.3. The number of nitro groups is 1. The molecule has 9 nitrogen and oxygen atoms in total. The Labute approximate surface area is 164 Å².